The van der Waals surface area contributed by atoms with Crippen LogP contribution in [0.2, 0.25) is 0 Å². The Bertz CT molecular complexity index is 1020. The Labute approximate surface area is 145 Å². The van der Waals surface area contributed by atoms with Crippen molar-refractivity contribution in [2.45, 2.75) is 6.42 Å². The van der Waals surface area contributed by atoms with E-state index in [1.807, 2.05) is 0 Å². The summed E-state index contributed by atoms with van der Waals surface area (Å²) in [6, 6.07) is 7.91. The van der Waals surface area contributed by atoms with E-state index in [4.69, 9.17) is 8.83 Å². The molecule has 1 amide bonds. The number of carbonyl (C=O) groups is 1. The van der Waals surface area contributed by atoms with Gasteiger partial charge in [-0.3, -0.25) is 4.79 Å². The fraction of sp³-hybridized carbons (Fsp3) is 0.118. The highest BCUT2D eigenvalue weighted by molar-refractivity contribution is 7.18. The summed E-state index contributed by atoms with van der Waals surface area (Å²) in [4.78, 5) is 20.6. The molecule has 3 aromatic heterocycles. The van der Waals surface area contributed by atoms with E-state index >= 15 is 0 Å². The van der Waals surface area contributed by atoms with Gasteiger partial charge in [0, 0.05) is 19.0 Å². The zero-order valence-corrected chi connectivity index (χ0v) is 13.7. The molecule has 0 fully saturated rings. The number of oxazole rings is 1. The van der Waals surface area contributed by atoms with E-state index in [-0.39, 0.29) is 23.2 Å². The molecule has 0 atom stereocenters. The number of furan rings is 1. The molecule has 0 spiro atoms. The molecule has 3 heterocycles. The summed E-state index contributed by atoms with van der Waals surface area (Å²) < 4.78 is 24.6. The van der Waals surface area contributed by atoms with Crippen LogP contribution in [-0.4, -0.2) is 22.4 Å². The zero-order valence-electron chi connectivity index (χ0n) is 12.9. The molecule has 25 heavy (non-hydrogen) atoms. The quantitative estimate of drug-likeness (QED) is 0.589. The van der Waals surface area contributed by atoms with Gasteiger partial charge < -0.3 is 14.2 Å². The van der Waals surface area contributed by atoms with E-state index < -0.39 is 0 Å². The molecule has 0 aliphatic heterocycles. The molecule has 0 unspecified atom stereocenters. The summed E-state index contributed by atoms with van der Waals surface area (Å²) >= 11 is 1.48. The molecule has 0 radical (unpaired) electrons. The number of rotatable bonds is 5. The maximum atomic E-state index is 13.2. The summed E-state index contributed by atoms with van der Waals surface area (Å²) in [6.07, 6.45) is 3.24. The summed E-state index contributed by atoms with van der Waals surface area (Å²) in [5.41, 5.74) is 0.796. The first-order chi connectivity index (χ1) is 12.2. The SMILES string of the molecule is O=C(NCCc1nc2cc(F)ccc2s1)c1ncoc1-c1ccco1. The summed E-state index contributed by atoms with van der Waals surface area (Å²) in [5, 5.41) is 3.61. The standard InChI is InChI=1S/C17H12FN3O3S/c18-10-3-4-13-11(8-10)21-14(25-13)5-6-19-17(22)15-16(24-9-20-15)12-2-1-7-23-12/h1-4,7-9H,5-6H2,(H,19,22). The highest BCUT2D eigenvalue weighted by atomic mass is 32.1. The largest absolute Gasteiger partial charge is 0.461 e. The molecule has 1 N–H and O–H groups in total. The van der Waals surface area contributed by atoms with Crippen LogP contribution in [0.3, 0.4) is 0 Å². The van der Waals surface area contributed by atoms with Gasteiger partial charge in [0.25, 0.3) is 5.91 Å². The first-order valence-corrected chi connectivity index (χ1v) is 8.33. The van der Waals surface area contributed by atoms with Gasteiger partial charge in [-0.25, -0.2) is 14.4 Å². The van der Waals surface area contributed by atoms with E-state index in [0.29, 0.717) is 24.2 Å². The molecule has 4 aromatic rings. The third kappa shape index (κ3) is 3.16. The molecule has 0 bridgehead atoms. The van der Waals surface area contributed by atoms with Crippen LogP contribution < -0.4 is 5.32 Å². The number of carbonyl (C=O) groups excluding carboxylic acids is 1. The third-order valence-corrected chi connectivity index (χ3v) is 4.64. The van der Waals surface area contributed by atoms with Gasteiger partial charge in [0.15, 0.2) is 17.8 Å². The Morgan fingerprint density at radius 1 is 1.28 bits per heavy atom. The van der Waals surface area contributed by atoms with Gasteiger partial charge in [-0.2, -0.15) is 0 Å². The van der Waals surface area contributed by atoms with Gasteiger partial charge in [-0.15, -0.1) is 11.3 Å². The van der Waals surface area contributed by atoms with Crippen molar-refractivity contribution < 1.29 is 18.0 Å². The van der Waals surface area contributed by atoms with Crippen molar-refractivity contribution in [3.05, 3.63) is 59.5 Å². The predicted octanol–water partition coefficient (Wildman–Crippen LogP) is 3.66. The van der Waals surface area contributed by atoms with Crippen molar-refractivity contribution in [3.8, 4) is 11.5 Å². The fourth-order valence-electron chi connectivity index (χ4n) is 2.41. The van der Waals surface area contributed by atoms with Crippen molar-refractivity contribution in [1.29, 1.82) is 0 Å². The molecular formula is C17H12FN3O3S. The maximum Gasteiger partial charge on any atom is 0.274 e. The molecule has 1 aromatic carbocycles. The van der Waals surface area contributed by atoms with Crippen LogP contribution in [0.1, 0.15) is 15.5 Å². The van der Waals surface area contributed by atoms with E-state index in [9.17, 15) is 9.18 Å². The topological polar surface area (TPSA) is 81.2 Å². The Morgan fingerprint density at radius 3 is 3.04 bits per heavy atom. The number of hydrogen-bond acceptors (Lipinski definition) is 6. The van der Waals surface area contributed by atoms with Gasteiger partial charge >= 0.3 is 0 Å². The van der Waals surface area contributed by atoms with Crippen LogP contribution in [0.5, 0.6) is 0 Å². The average Bonchev–Trinajstić information content (AvgIpc) is 3.33. The van der Waals surface area contributed by atoms with Crippen molar-refractivity contribution >= 4 is 27.5 Å². The number of hydrogen-bond donors (Lipinski definition) is 1. The number of amides is 1. The molecular weight excluding hydrogens is 345 g/mol. The van der Waals surface area contributed by atoms with Gasteiger partial charge in [-0.1, -0.05) is 0 Å². The summed E-state index contributed by atoms with van der Waals surface area (Å²) in [5.74, 6) is 0.0651. The van der Waals surface area contributed by atoms with E-state index in [1.54, 1.807) is 18.2 Å². The first-order valence-electron chi connectivity index (χ1n) is 7.51. The minimum absolute atomic E-state index is 0.168. The van der Waals surface area contributed by atoms with Crippen molar-refractivity contribution in [2.24, 2.45) is 0 Å². The Hall–Kier alpha value is -3.00. The minimum Gasteiger partial charge on any atom is -0.461 e. The molecule has 0 aliphatic carbocycles. The summed E-state index contributed by atoms with van der Waals surface area (Å²) in [6.45, 7) is 0.381. The van der Waals surface area contributed by atoms with Gasteiger partial charge in [0.05, 0.1) is 21.5 Å². The third-order valence-electron chi connectivity index (χ3n) is 3.55. The first kappa shape index (κ1) is 15.5. The lowest BCUT2D eigenvalue weighted by atomic mass is 10.2. The Kier molecular flexibility index (Phi) is 4.02. The van der Waals surface area contributed by atoms with Crippen LogP contribution in [0, 0.1) is 5.82 Å². The average molecular weight is 357 g/mol. The number of nitrogens with one attached hydrogen (secondary N) is 1. The van der Waals surface area contributed by atoms with Gasteiger partial charge in [-0.05, 0) is 24.3 Å². The van der Waals surface area contributed by atoms with Crippen molar-refractivity contribution in [1.82, 2.24) is 15.3 Å². The van der Waals surface area contributed by atoms with Gasteiger partial charge in [0.1, 0.15) is 5.82 Å². The van der Waals surface area contributed by atoms with Gasteiger partial charge in [0.2, 0.25) is 5.76 Å². The fourth-order valence-corrected chi connectivity index (χ4v) is 3.36. The Balaban J connectivity index is 1.41. The molecule has 0 aliphatic rings. The smallest absolute Gasteiger partial charge is 0.274 e. The molecule has 6 nitrogen and oxygen atoms in total. The number of halogens is 1. The number of aromatic nitrogens is 2. The van der Waals surface area contributed by atoms with Crippen molar-refractivity contribution in [3.63, 3.8) is 0 Å². The number of fused-ring (bicyclic) bond motifs is 1. The van der Waals surface area contributed by atoms with Crippen LogP contribution in [0.15, 0.2) is 51.8 Å². The number of nitrogens with zero attached hydrogens (tertiary/aromatic N) is 2. The second-order valence-electron chi connectivity index (χ2n) is 5.23. The van der Waals surface area contributed by atoms with E-state index in [1.165, 1.54) is 36.1 Å². The highest BCUT2D eigenvalue weighted by Crippen LogP contribution is 2.24. The molecule has 4 rings (SSSR count). The number of benzene rings is 1. The van der Waals surface area contributed by atoms with E-state index in [0.717, 1.165) is 9.71 Å². The lowest BCUT2D eigenvalue weighted by molar-refractivity contribution is 0.0950. The van der Waals surface area contributed by atoms with Crippen LogP contribution in [-0.2, 0) is 6.42 Å². The maximum absolute atomic E-state index is 13.2. The lowest BCUT2D eigenvalue weighted by Gasteiger charge is -2.02. The monoisotopic (exact) mass is 357 g/mol. The minimum atomic E-state index is -0.354. The second-order valence-corrected chi connectivity index (χ2v) is 6.35. The molecule has 0 saturated carbocycles. The number of thiazole rings is 1. The predicted molar refractivity (Wildman–Crippen MR) is 89.8 cm³/mol. The van der Waals surface area contributed by atoms with Crippen LogP contribution in [0.4, 0.5) is 4.39 Å². The Morgan fingerprint density at radius 2 is 2.20 bits per heavy atom. The zero-order chi connectivity index (χ0) is 17.2. The summed E-state index contributed by atoms with van der Waals surface area (Å²) in [7, 11) is 0. The van der Waals surface area contributed by atoms with Crippen molar-refractivity contribution in [2.75, 3.05) is 6.54 Å². The van der Waals surface area contributed by atoms with E-state index in [2.05, 4.69) is 15.3 Å². The van der Waals surface area contributed by atoms with Crippen LogP contribution in [0.25, 0.3) is 21.7 Å². The molecule has 126 valence electrons. The van der Waals surface area contributed by atoms with Crippen LogP contribution >= 0.6 is 11.3 Å². The highest BCUT2D eigenvalue weighted by Gasteiger charge is 2.19. The molecule has 8 heteroatoms. The molecule has 0 saturated heterocycles. The second kappa shape index (κ2) is 6.48. The normalized spacial score (nSPS) is 11.1. The lowest BCUT2D eigenvalue weighted by Crippen LogP contribution is -2.26.